The number of aromatic carboxylic acids is 1. The number of hydrogen-bond acceptors (Lipinski definition) is 4. The number of thioether (sulfide) groups is 1. The molecule has 2 aromatic carbocycles. The highest BCUT2D eigenvalue weighted by Crippen LogP contribution is 2.44. The van der Waals surface area contributed by atoms with E-state index < -0.39 is 15.8 Å². The summed E-state index contributed by atoms with van der Waals surface area (Å²) in [7, 11) is -3.21. The predicted molar refractivity (Wildman–Crippen MR) is 80.5 cm³/mol. The first-order chi connectivity index (χ1) is 9.97. The molecule has 0 aromatic heterocycles. The topological polar surface area (TPSA) is 71.4 Å². The molecule has 1 unspecified atom stereocenters. The summed E-state index contributed by atoms with van der Waals surface area (Å²) in [6.45, 7) is 0. The zero-order valence-electron chi connectivity index (χ0n) is 10.9. The Balaban J connectivity index is 1.88. The molecule has 3 rings (SSSR count). The van der Waals surface area contributed by atoms with Crippen LogP contribution < -0.4 is 0 Å². The fraction of sp³-hybridized carbons (Fsp3) is 0.133. The number of fused-ring (bicyclic) bond motifs is 1. The summed E-state index contributed by atoms with van der Waals surface area (Å²) in [5, 5.41) is 8.72. The van der Waals surface area contributed by atoms with Crippen LogP contribution in [0.5, 0.6) is 0 Å². The molecular formula is C15H12O4S2. The first kappa shape index (κ1) is 14.2. The van der Waals surface area contributed by atoms with Gasteiger partial charge in [0.1, 0.15) is 0 Å². The van der Waals surface area contributed by atoms with Crippen LogP contribution >= 0.6 is 11.8 Å². The van der Waals surface area contributed by atoms with E-state index in [9.17, 15) is 13.2 Å². The molecule has 0 fully saturated rings. The minimum atomic E-state index is -3.21. The Kier molecular flexibility index (Phi) is 3.51. The first-order valence-electron chi connectivity index (χ1n) is 6.29. The third kappa shape index (κ3) is 2.69. The molecule has 1 heterocycles. The summed E-state index contributed by atoms with van der Waals surface area (Å²) < 4.78 is 24.2. The van der Waals surface area contributed by atoms with Crippen molar-refractivity contribution in [3.63, 3.8) is 0 Å². The lowest BCUT2D eigenvalue weighted by molar-refractivity contribution is 0.0697. The van der Waals surface area contributed by atoms with E-state index in [-0.39, 0.29) is 16.6 Å². The Morgan fingerprint density at radius 3 is 2.43 bits per heavy atom. The normalized spacial score (nSPS) is 19.1. The van der Waals surface area contributed by atoms with Crippen LogP contribution in [0.15, 0.2) is 58.3 Å². The second kappa shape index (κ2) is 5.20. The van der Waals surface area contributed by atoms with E-state index in [0.717, 1.165) is 10.5 Å². The molecule has 21 heavy (non-hydrogen) atoms. The van der Waals surface area contributed by atoms with Gasteiger partial charge in [0.2, 0.25) is 0 Å². The summed E-state index contributed by atoms with van der Waals surface area (Å²) in [5.41, 5.74) is 1.05. The Morgan fingerprint density at radius 2 is 1.76 bits per heavy atom. The van der Waals surface area contributed by atoms with E-state index in [0.29, 0.717) is 4.90 Å². The lowest BCUT2D eigenvalue weighted by Gasteiger charge is -2.09. The molecule has 2 aromatic rings. The molecule has 0 radical (unpaired) electrons. The van der Waals surface area contributed by atoms with Crippen LogP contribution in [0.2, 0.25) is 0 Å². The average Bonchev–Trinajstić information content (AvgIpc) is 2.71. The third-order valence-corrected chi connectivity index (χ3v) is 6.63. The van der Waals surface area contributed by atoms with Crippen molar-refractivity contribution in [2.24, 2.45) is 0 Å². The van der Waals surface area contributed by atoms with Crippen molar-refractivity contribution < 1.29 is 18.3 Å². The van der Waals surface area contributed by atoms with Crippen molar-refractivity contribution in [2.45, 2.75) is 15.0 Å². The van der Waals surface area contributed by atoms with Gasteiger partial charge >= 0.3 is 5.97 Å². The van der Waals surface area contributed by atoms with Gasteiger partial charge in [-0.2, -0.15) is 0 Å². The number of carbonyl (C=O) groups is 1. The van der Waals surface area contributed by atoms with Crippen molar-refractivity contribution in [2.75, 3.05) is 5.75 Å². The summed E-state index contributed by atoms with van der Waals surface area (Å²) >= 11 is 1.44. The van der Waals surface area contributed by atoms with Crippen molar-refractivity contribution in [3.05, 3.63) is 59.7 Å². The van der Waals surface area contributed by atoms with Gasteiger partial charge in [0, 0.05) is 4.90 Å². The number of sulfone groups is 1. The van der Waals surface area contributed by atoms with Crippen LogP contribution in [0.4, 0.5) is 0 Å². The van der Waals surface area contributed by atoms with E-state index in [1.54, 1.807) is 24.3 Å². The van der Waals surface area contributed by atoms with Gasteiger partial charge in [-0.15, -0.1) is 11.8 Å². The van der Waals surface area contributed by atoms with Crippen molar-refractivity contribution in [3.8, 4) is 0 Å². The smallest absolute Gasteiger partial charge is 0.335 e. The van der Waals surface area contributed by atoms with E-state index in [1.165, 1.54) is 23.9 Å². The molecule has 1 aliphatic rings. The van der Waals surface area contributed by atoms with Gasteiger partial charge in [-0.3, -0.25) is 0 Å². The first-order valence-corrected chi connectivity index (χ1v) is 8.82. The molecule has 0 spiro atoms. The summed E-state index contributed by atoms with van der Waals surface area (Å²) in [6.07, 6.45) is 0. The van der Waals surface area contributed by atoms with Crippen molar-refractivity contribution in [1.29, 1.82) is 0 Å². The zero-order chi connectivity index (χ0) is 15.0. The average molecular weight is 320 g/mol. The Labute approximate surface area is 126 Å². The van der Waals surface area contributed by atoms with E-state index >= 15 is 0 Å². The molecule has 1 aliphatic heterocycles. The minimum absolute atomic E-state index is 0.0810. The van der Waals surface area contributed by atoms with Crippen LogP contribution in [0.3, 0.4) is 0 Å². The number of carboxylic acids is 1. The third-order valence-electron chi connectivity index (χ3n) is 3.35. The number of rotatable bonds is 3. The quantitative estimate of drug-likeness (QED) is 0.941. The maximum atomic E-state index is 12.1. The molecular weight excluding hydrogens is 308 g/mol. The second-order valence-corrected chi connectivity index (χ2v) is 8.03. The second-order valence-electron chi connectivity index (χ2n) is 4.76. The summed E-state index contributed by atoms with van der Waals surface area (Å²) in [4.78, 5) is 12.1. The highest BCUT2D eigenvalue weighted by molar-refractivity contribution is 8.01. The molecule has 0 saturated carbocycles. The largest absolute Gasteiger partial charge is 0.478 e. The number of carboxylic acid groups (broad SMARTS) is 1. The maximum absolute atomic E-state index is 12.1. The van der Waals surface area contributed by atoms with Gasteiger partial charge in [-0.05, 0) is 35.9 Å². The van der Waals surface area contributed by atoms with Crippen molar-refractivity contribution in [1.82, 2.24) is 0 Å². The lowest BCUT2D eigenvalue weighted by Crippen LogP contribution is -2.01. The van der Waals surface area contributed by atoms with E-state index in [1.807, 2.05) is 12.1 Å². The van der Waals surface area contributed by atoms with Gasteiger partial charge in [0.25, 0.3) is 0 Å². The fourth-order valence-corrected chi connectivity index (χ4v) is 5.80. The highest BCUT2D eigenvalue weighted by Gasteiger charge is 2.34. The van der Waals surface area contributed by atoms with Crippen LogP contribution in [0.1, 0.15) is 21.2 Å². The molecule has 0 aliphatic carbocycles. The highest BCUT2D eigenvalue weighted by atomic mass is 32.2. The van der Waals surface area contributed by atoms with Crippen molar-refractivity contribution >= 4 is 27.6 Å². The van der Waals surface area contributed by atoms with Gasteiger partial charge in [-0.1, -0.05) is 18.2 Å². The standard InChI is InChI=1S/C15H12O4S2/c16-15(17)10-5-7-11(8-6-10)20-13-9-21(18,19)14-4-2-1-3-12(13)14/h1-8,13H,9H2,(H,16,17). The predicted octanol–water partition coefficient (Wildman–Crippen LogP) is 3.01. The molecule has 0 saturated heterocycles. The molecule has 6 heteroatoms. The Hall–Kier alpha value is -1.79. The van der Waals surface area contributed by atoms with Crippen LogP contribution in [0.25, 0.3) is 0 Å². The summed E-state index contributed by atoms with van der Waals surface area (Å²) in [6, 6.07) is 13.5. The van der Waals surface area contributed by atoms with E-state index in [2.05, 4.69) is 0 Å². The molecule has 1 atom stereocenters. The molecule has 0 bridgehead atoms. The van der Waals surface area contributed by atoms with Gasteiger partial charge in [0.15, 0.2) is 9.84 Å². The lowest BCUT2D eigenvalue weighted by atomic mass is 10.2. The number of hydrogen-bond donors (Lipinski definition) is 1. The fourth-order valence-electron chi connectivity index (χ4n) is 2.35. The van der Waals surface area contributed by atoms with Gasteiger partial charge in [0.05, 0.1) is 21.5 Å². The van der Waals surface area contributed by atoms with Gasteiger partial charge < -0.3 is 5.11 Å². The molecule has 108 valence electrons. The van der Waals surface area contributed by atoms with Crippen LogP contribution in [-0.2, 0) is 9.84 Å². The molecule has 1 N–H and O–H groups in total. The van der Waals surface area contributed by atoms with Crippen LogP contribution in [-0.4, -0.2) is 25.2 Å². The van der Waals surface area contributed by atoms with Gasteiger partial charge in [-0.25, -0.2) is 13.2 Å². The SMILES string of the molecule is O=C(O)c1ccc(SC2CS(=O)(=O)c3ccccc32)cc1. The zero-order valence-corrected chi connectivity index (χ0v) is 12.5. The molecule has 0 amide bonds. The monoisotopic (exact) mass is 320 g/mol. The number of benzene rings is 2. The van der Waals surface area contributed by atoms with Crippen LogP contribution in [0, 0.1) is 0 Å². The maximum Gasteiger partial charge on any atom is 0.335 e. The molecule has 4 nitrogen and oxygen atoms in total. The Morgan fingerprint density at radius 1 is 1.10 bits per heavy atom. The minimum Gasteiger partial charge on any atom is -0.478 e. The van der Waals surface area contributed by atoms with E-state index in [4.69, 9.17) is 5.11 Å². The Bertz CT molecular complexity index is 795. The summed E-state index contributed by atoms with van der Waals surface area (Å²) in [5.74, 6) is -0.891.